The van der Waals surface area contributed by atoms with Gasteiger partial charge in [-0.25, -0.2) is 8.78 Å². The zero-order valence-corrected chi connectivity index (χ0v) is 16.8. The molecule has 2 atom stereocenters. The highest BCUT2D eigenvalue weighted by atomic mass is 32.2. The van der Waals surface area contributed by atoms with Gasteiger partial charge >= 0.3 is 0 Å². The van der Waals surface area contributed by atoms with E-state index in [1.165, 1.54) is 16.8 Å². The zero-order chi connectivity index (χ0) is 21.6. The summed E-state index contributed by atoms with van der Waals surface area (Å²) in [5, 5.41) is 12.7. The Morgan fingerprint density at radius 1 is 1.33 bits per heavy atom. The molecule has 0 aliphatic carbocycles. The van der Waals surface area contributed by atoms with Crippen molar-refractivity contribution in [3.05, 3.63) is 63.1 Å². The van der Waals surface area contributed by atoms with Gasteiger partial charge < -0.3 is 19.9 Å². The van der Waals surface area contributed by atoms with E-state index >= 15 is 0 Å². The van der Waals surface area contributed by atoms with Crippen molar-refractivity contribution < 1.29 is 23.5 Å². The average Bonchev–Trinajstić information content (AvgIpc) is 3.13. The average molecular weight is 435 g/mol. The molecule has 2 aliphatic heterocycles. The second-order valence-electron chi connectivity index (χ2n) is 7.20. The molecule has 0 radical (unpaired) electrons. The number of rotatable bonds is 4. The van der Waals surface area contributed by atoms with E-state index in [0.29, 0.717) is 12.6 Å². The summed E-state index contributed by atoms with van der Waals surface area (Å²) >= 11 is 1.61. The Morgan fingerprint density at radius 2 is 2.10 bits per heavy atom. The number of carbonyl (C=O) groups excluding carboxylic acids is 2. The molecule has 1 saturated heterocycles. The molecule has 2 aromatic rings. The Morgan fingerprint density at radius 3 is 2.80 bits per heavy atom. The van der Waals surface area contributed by atoms with E-state index in [-0.39, 0.29) is 34.8 Å². The smallest absolute Gasteiger partial charge is 0.275 e. The second-order valence-corrected chi connectivity index (χ2v) is 8.41. The second kappa shape index (κ2) is 7.75. The standard InChI is InChI=1S/C20H19F2N3O4S/c1-2-12-9-30-15-8-24-7-13(17(26)18(27)16(24)20(29)25(12)15)19(28)23-6-10-3-4-11(21)5-14(10)22/h3-5,7,12,15,27H,2,6,8-9H2,1H3,(H,23,28)/t12-,15?/m0/s1. The van der Waals surface area contributed by atoms with Crippen LogP contribution in [0.5, 0.6) is 5.75 Å². The SMILES string of the molecule is CC[C@H]1CSC2Cn3cc(C(=O)NCc4ccc(F)cc4F)c(=O)c(O)c3C(=O)N21. The minimum atomic E-state index is -0.968. The number of nitrogens with one attached hydrogen (secondary N) is 1. The number of hydrogen-bond donors (Lipinski definition) is 2. The Bertz CT molecular complexity index is 1100. The van der Waals surface area contributed by atoms with E-state index in [4.69, 9.17) is 0 Å². The van der Waals surface area contributed by atoms with E-state index < -0.39 is 34.6 Å². The van der Waals surface area contributed by atoms with Gasteiger partial charge in [-0.15, -0.1) is 11.8 Å². The van der Waals surface area contributed by atoms with Crippen LogP contribution in [0.2, 0.25) is 0 Å². The lowest BCUT2D eigenvalue weighted by Gasteiger charge is -2.35. The lowest BCUT2D eigenvalue weighted by atomic mass is 10.1. The molecule has 1 aromatic heterocycles. The third-order valence-corrected chi connectivity index (χ3v) is 6.74. The normalized spacial score (nSPS) is 20.1. The molecule has 2 N–H and O–H groups in total. The van der Waals surface area contributed by atoms with Gasteiger partial charge in [0.15, 0.2) is 11.4 Å². The first-order valence-corrected chi connectivity index (χ1v) is 10.5. The highest BCUT2D eigenvalue weighted by molar-refractivity contribution is 8.00. The fraction of sp³-hybridized carbons (Fsp3) is 0.350. The maximum absolute atomic E-state index is 13.8. The monoisotopic (exact) mass is 435 g/mol. The van der Waals surface area contributed by atoms with Crippen molar-refractivity contribution in [1.29, 1.82) is 0 Å². The van der Waals surface area contributed by atoms with Crippen LogP contribution in [0.1, 0.15) is 39.8 Å². The molecule has 0 saturated carbocycles. The summed E-state index contributed by atoms with van der Waals surface area (Å²) < 4.78 is 28.2. The van der Waals surface area contributed by atoms with Crippen molar-refractivity contribution in [2.75, 3.05) is 5.75 Å². The number of carbonyl (C=O) groups is 2. The van der Waals surface area contributed by atoms with E-state index in [0.717, 1.165) is 18.2 Å². The minimum Gasteiger partial charge on any atom is -0.503 e. The number of pyridine rings is 1. The van der Waals surface area contributed by atoms with E-state index in [1.54, 1.807) is 16.7 Å². The number of nitrogens with zero attached hydrogens (tertiary/aromatic N) is 2. The van der Waals surface area contributed by atoms with Crippen LogP contribution >= 0.6 is 11.8 Å². The number of aromatic nitrogens is 1. The van der Waals surface area contributed by atoms with Crippen molar-refractivity contribution in [2.45, 2.75) is 37.8 Å². The van der Waals surface area contributed by atoms with E-state index in [9.17, 15) is 28.3 Å². The molecule has 1 aromatic carbocycles. The fourth-order valence-corrected chi connectivity index (χ4v) is 5.31. The maximum Gasteiger partial charge on any atom is 0.275 e. The number of hydrogen-bond acceptors (Lipinski definition) is 5. The van der Waals surface area contributed by atoms with Crippen LogP contribution in [0, 0.1) is 11.6 Å². The fourth-order valence-electron chi connectivity index (χ4n) is 3.78. The summed E-state index contributed by atoms with van der Waals surface area (Å²) in [6.45, 7) is 2.04. The van der Waals surface area contributed by atoms with E-state index in [1.807, 2.05) is 6.92 Å². The number of benzene rings is 1. The van der Waals surface area contributed by atoms with Crippen LogP contribution in [-0.2, 0) is 13.1 Å². The summed E-state index contributed by atoms with van der Waals surface area (Å²) in [4.78, 5) is 39.7. The van der Waals surface area contributed by atoms with Crippen molar-refractivity contribution in [3.8, 4) is 5.75 Å². The van der Waals surface area contributed by atoms with Gasteiger partial charge in [0, 0.05) is 36.2 Å². The lowest BCUT2D eigenvalue weighted by molar-refractivity contribution is 0.0615. The van der Waals surface area contributed by atoms with Crippen molar-refractivity contribution >= 4 is 23.6 Å². The van der Waals surface area contributed by atoms with Gasteiger partial charge in [0.1, 0.15) is 17.2 Å². The molecule has 4 rings (SSSR count). The molecule has 30 heavy (non-hydrogen) atoms. The highest BCUT2D eigenvalue weighted by Gasteiger charge is 2.43. The number of fused-ring (bicyclic) bond motifs is 2. The van der Waals surface area contributed by atoms with Gasteiger partial charge in [-0.2, -0.15) is 0 Å². The molecule has 158 valence electrons. The summed E-state index contributed by atoms with van der Waals surface area (Å²) in [7, 11) is 0. The van der Waals surface area contributed by atoms with Gasteiger partial charge in [0.25, 0.3) is 11.8 Å². The Balaban J connectivity index is 1.62. The van der Waals surface area contributed by atoms with Crippen LogP contribution in [0.15, 0.2) is 29.2 Å². The molecule has 0 bridgehead atoms. The number of thioether (sulfide) groups is 1. The Labute approximate surface area is 174 Å². The largest absolute Gasteiger partial charge is 0.503 e. The molecular formula is C20H19F2N3O4S. The topological polar surface area (TPSA) is 91.6 Å². The van der Waals surface area contributed by atoms with Gasteiger partial charge in [0.05, 0.1) is 11.9 Å². The van der Waals surface area contributed by atoms with Crippen LogP contribution in [0.4, 0.5) is 8.78 Å². The van der Waals surface area contributed by atoms with Crippen LogP contribution in [0.25, 0.3) is 0 Å². The van der Waals surface area contributed by atoms with Crippen LogP contribution in [-0.4, -0.2) is 43.6 Å². The first kappa shape index (κ1) is 20.4. The predicted molar refractivity (Wildman–Crippen MR) is 106 cm³/mol. The molecule has 0 spiro atoms. The Hall–Kier alpha value is -2.88. The van der Waals surface area contributed by atoms with Crippen LogP contribution in [0.3, 0.4) is 0 Å². The first-order valence-electron chi connectivity index (χ1n) is 9.44. The Kier molecular flexibility index (Phi) is 5.27. The number of amides is 2. The highest BCUT2D eigenvalue weighted by Crippen LogP contribution is 2.37. The molecular weight excluding hydrogens is 416 g/mol. The lowest BCUT2D eigenvalue weighted by Crippen LogP contribution is -2.48. The van der Waals surface area contributed by atoms with Gasteiger partial charge in [-0.05, 0) is 12.5 Å². The summed E-state index contributed by atoms with van der Waals surface area (Å²) in [5.74, 6) is -2.83. The number of halogens is 2. The van der Waals surface area contributed by atoms with Crippen LogP contribution < -0.4 is 10.7 Å². The molecule has 1 unspecified atom stereocenters. The summed E-state index contributed by atoms with van der Waals surface area (Å²) in [6, 6.07) is 2.98. The number of aromatic hydroxyl groups is 1. The summed E-state index contributed by atoms with van der Waals surface area (Å²) in [5.41, 5.74) is -1.40. The van der Waals surface area contributed by atoms with E-state index in [2.05, 4.69) is 5.32 Å². The molecule has 10 heteroatoms. The molecule has 3 heterocycles. The van der Waals surface area contributed by atoms with Gasteiger partial charge in [0.2, 0.25) is 5.43 Å². The third-order valence-electron chi connectivity index (χ3n) is 5.40. The predicted octanol–water partition coefficient (Wildman–Crippen LogP) is 2.07. The first-order chi connectivity index (χ1) is 14.3. The molecule has 7 nitrogen and oxygen atoms in total. The third kappa shape index (κ3) is 3.34. The summed E-state index contributed by atoms with van der Waals surface area (Å²) in [6.07, 6.45) is 2.02. The van der Waals surface area contributed by atoms with Gasteiger partial charge in [-0.1, -0.05) is 13.0 Å². The maximum atomic E-state index is 13.8. The quantitative estimate of drug-likeness (QED) is 0.767. The van der Waals surface area contributed by atoms with Gasteiger partial charge in [-0.3, -0.25) is 14.4 Å². The zero-order valence-electron chi connectivity index (χ0n) is 16.0. The molecule has 2 amide bonds. The van der Waals surface area contributed by atoms with Crippen molar-refractivity contribution in [1.82, 2.24) is 14.8 Å². The minimum absolute atomic E-state index is 0.0318. The molecule has 2 aliphatic rings. The molecule has 1 fully saturated rings. The van der Waals surface area contributed by atoms with Crippen molar-refractivity contribution in [3.63, 3.8) is 0 Å². The van der Waals surface area contributed by atoms with Crippen molar-refractivity contribution in [2.24, 2.45) is 0 Å².